The average molecular weight is 138 g/mol. The Morgan fingerprint density at radius 3 is 2.60 bits per heavy atom. The van der Waals surface area contributed by atoms with Gasteiger partial charge in [0.15, 0.2) is 5.75 Å². The molecule has 0 aliphatic heterocycles. The number of hydrogen-bond acceptors (Lipinski definition) is 4. The first-order valence-electron chi connectivity index (χ1n) is 2.72. The van der Waals surface area contributed by atoms with Gasteiger partial charge in [0.2, 0.25) is 0 Å². The predicted octanol–water partition coefficient (Wildman–Crippen LogP) is 0.320. The highest BCUT2D eigenvalue weighted by Gasteiger charge is 1.91. The number of carbonyl (C=O) groups excluding carboxylic acids is 1. The Morgan fingerprint density at radius 1 is 1.50 bits per heavy atom. The van der Waals surface area contributed by atoms with Crippen LogP contribution in [-0.4, -0.2) is 16.4 Å². The Labute approximate surface area is 57.9 Å². The Hall–Kier alpha value is -1.45. The Kier molecular flexibility index (Phi) is 1.94. The van der Waals surface area contributed by atoms with Crippen molar-refractivity contribution in [1.82, 2.24) is 9.97 Å². The van der Waals surface area contributed by atoms with Gasteiger partial charge in [0.1, 0.15) is 5.82 Å². The third kappa shape index (κ3) is 1.51. The molecule has 4 heteroatoms. The first-order chi connectivity index (χ1) is 4.83. The second-order valence-corrected chi connectivity index (χ2v) is 1.68. The van der Waals surface area contributed by atoms with Crippen molar-refractivity contribution in [3.8, 4) is 5.75 Å². The van der Waals surface area contributed by atoms with E-state index in [9.17, 15) is 4.79 Å². The third-order valence-corrected chi connectivity index (χ3v) is 0.941. The molecule has 52 valence electrons. The Morgan fingerprint density at radius 2 is 2.10 bits per heavy atom. The first kappa shape index (κ1) is 6.67. The summed E-state index contributed by atoms with van der Waals surface area (Å²) >= 11 is 0. The highest BCUT2D eigenvalue weighted by atomic mass is 16.5. The largest absolute Gasteiger partial charge is 0.425 e. The quantitative estimate of drug-likeness (QED) is 0.552. The molecular formula is C6H6N2O2. The van der Waals surface area contributed by atoms with E-state index in [0.717, 1.165) is 0 Å². The SMILES string of the molecule is Cc1ncc(OC=O)cn1. The fraction of sp³-hybridized carbons (Fsp3) is 0.167. The van der Waals surface area contributed by atoms with Crippen LogP contribution in [0.4, 0.5) is 0 Å². The fourth-order valence-corrected chi connectivity index (χ4v) is 0.497. The van der Waals surface area contributed by atoms with Gasteiger partial charge < -0.3 is 4.74 Å². The van der Waals surface area contributed by atoms with Gasteiger partial charge in [0.25, 0.3) is 6.47 Å². The molecule has 0 unspecified atom stereocenters. The minimum Gasteiger partial charge on any atom is -0.425 e. The standard InChI is InChI=1S/C6H6N2O2/c1-5-7-2-6(3-8-5)10-4-9/h2-4H,1H3. The lowest BCUT2D eigenvalue weighted by molar-refractivity contribution is -0.120. The van der Waals surface area contributed by atoms with Crippen LogP contribution in [0.5, 0.6) is 5.75 Å². The summed E-state index contributed by atoms with van der Waals surface area (Å²) < 4.78 is 4.46. The summed E-state index contributed by atoms with van der Waals surface area (Å²) in [6.45, 7) is 2.10. The number of rotatable bonds is 2. The molecule has 0 fully saturated rings. The van der Waals surface area contributed by atoms with Crippen LogP contribution in [0.2, 0.25) is 0 Å². The zero-order valence-corrected chi connectivity index (χ0v) is 5.44. The summed E-state index contributed by atoms with van der Waals surface area (Å²) in [4.78, 5) is 17.4. The molecule has 0 N–H and O–H groups in total. The van der Waals surface area contributed by atoms with Crippen molar-refractivity contribution < 1.29 is 9.53 Å². The lowest BCUT2D eigenvalue weighted by Crippen LogP contribution is -1.92. The van der Waals surface area contributed by atoms with E-state index in [-0.39, 0.29) is 0 Å². The molecule has 0 saturated heterocycles. The molecule has 0 spiro atoms. The van der Waals surface area contributed by atoms with Gasteiger partial charge in [-0.15, -0.1) is 0 Å². The molecule has 0 atom stereocenters. The maximum atomic E-state index is 9.78. The van der Waals surface area contributed by atoms with E-state index in [2.05, 4.69) is 14.7 Å². The molecule has 0 bridgehead atoms. The normalized spacial score (nSPS) is 8.90. The van der Waals surface area contributed by atoms with Crippen molar-refractivity contribution in [3.63, 3.8) is 0 Å². The lowest BCUT2D eigenvalue weighted by atomic mass is 10.6. The molecule has 4 nitrogen and oxygen atoms in total. The molecule has 1 aromatic heterocycles. The van der Waals surface area contributed by atoms with Gasteiger partial charge >= 0.3 is 0 Å². The van der Waals surface area contributed by atoms with E-state index in [1.54, 1.807) is 6.92 Å². The number of ether oxygens (including phenoxy) is 1. The number of nitrogens with zero attached hydrogens (tertiary/aromatic N) is 2. The Bertz CT molecular complexity index is 220. The smallest absolute Gasteiger partial charge is 0.298 e. The van der Waals surface area contributed by atoms with Crippen molar-refractivity contribution in [2.24, 2.45) is 0 Å². The van der Waals surface area contributed by atoms with Crippen molar-refractivity contribution in [1.29, 1.82) is 0 Å². The summed E-state index contributed by atoms with van der Waals surface area (Å²) in [5, 5.41) is 0. The van der Waals surface area contributed by atoms with Gasteiger partial charge in [-0.25, -0.2) is 9.97 Å². The topological polar surface area (TPSA) is 52.1 Å². The molecule has 10 heavy (non-hydrogen) atoms. The van der Waals surface area contributed by atoms with E-state index in [4.69, 9.17) is 0 Å². The summed E-state index contributed by atoms with van der Waals surface area (Å²) in [6, 6.07) is 0. The monoisotopic (exact) mass is 138 g/mol. The molecular weight excluding hydrogens is 132 g/mol. The predicted molar refractivity (Wildman–Crippen MR) is 33.5 cm³/mol. The van der Waals surface area contributed by atoms with Crippen LogP contribution in [0.3, 0.4) is 0 Å². The second kappa shape index (κ2) is 2.91. The van der Waals surface area contributed by atoms with E-state index in [1.807, 2.05) is 0 Å². The molecule has 0 aliphatic rings. The summed E-state index contributed by atoms with van der Waals surface area (Å²) in [5.41, 5.74) is 0. The summed E-state index contributed by atoms with van der Waals surface area (Å²) in [6.07, 6.45) is 2.88. The molecule has 0 saturated carbocycles. The average Bonchev–Trinajstić information content (AvgIpc) is 1.95. The number of hydrogen-bond donors (Lipinski definition) is 0. The van der Waals surface area contributed by atoms with E-state index >= 15 is 0 Å². The molecule has 0 aromatic carbocycles. The van der Waals surface area contributed by atoms with Gasteiger partial charge in [-0.2, -0.15) is 0 Å². The van der Waals surface area contributed by atoms with E-state index < -0.39 is 0 Å². The summed E-state index contributed by atoms with van der Waals surface area (Å²) in [5.74, 6) is 1.01. The maximum absolute atomic E-state index is 9.78. The summed E-state index contributed by atoms with van der Waals surface area (Å²) in [7, 11) is 0. The molecule has 1 rings (SSSR count). The van der Waals surface area contributed by atoms with Crippen LogP contribution in [0.15, 0.2) is 12.4 Å². The molecule has 0 radical (unpaired) electrons. The first-order valence-corrected chi connectivity index (χ1v) is 2.72. The number of aromatic nitrogens is 2. The minimum absolute atomic E-state index is 0.341. The lowest BCUT2D eigenvalue weighted by Gasteiger charge is -1.94. The maximum Gasteiger partial charge on any atom is 0.298 e. The van der Waals surface area contributed by atoms with Crippen LogP contribution in [0.1, 0.15) is 5.82 Å². The van der Waals surface area contributed by atoms with Gasteiger partial charge in [0, 0.05) is 0 Å². The van der Waals surface area contributed by atoms with Crippen molar-refractivity contribution >= 4 is 6.47 Å². The minimum atomic E-state index is 0.341. The van der Waals surface area contributed by atoms with Gasteiger partial charge in [-0.05, 0) is 6.92 Å². The van der Waals surface area contributed by atoms with E-state index in [1.165, 1.54) is 12.4 Å². The van der Waals surface area contributed by atoms with Crippen LogP contribution in [0.25, 0.3) is 0 Å². The zero-order valence-electron chi connectivity index (χ0n) is 5.44. The molecule has 1 heterocycles. The fourth-order valence-electron chi connectivity index (χ4n) is 0.497. The van der Waals surface area contributed by atoms with Crippen LogP contribution in [0, 0.1) is 6.92 Å². The molecule has 0 amide bonds. The van der Waals surface area contributed by atoms with E-state index in [0.29, 0.717) is 18.0 Å². The number of aryl methyl sites for hydroxylation is 1. The third-order valence-electron chi connectivity index (χ3n) is 0.941. The molecule has 1 aromatic rings. The number of carbonyl (C=O) groups is 1. The van der Waals surface area contributed by atoms with Gasteiger partial charge in [0.05, 0.1) is 12.4 Å². The highest BCUT2D eigenvalue weighted by Crippen LogP contribution is 2.03. The molecule has 0 aliphatic carbocycles. The van der Waals surface area contributed by atoms with Gasteiger partial charge in [-0.1, -0.05) is 0 Å². The van der Waals surface area contributed by atoms with Crippen LogP contribution >= 0.6 is 0 Å². The zero-order chi connectivity index (χ0) is 7.40. The highest BCUT2D eigenvalue weighted by molar-refractivity contribution is 5.43. The van der Waals surface area contributed by atoms with Crippen molar-refractivity contribution in [2.75, 3.05) is 0 Å². The van der Waals surface area contributed by atoms with Crippen LogP contribution < -0.4 is 4.74 Å². The Balaban J connectivity index is 2.78. The van der Waals surface area contributed by atoms with Crippen molar-refractivity contribution in [2.45, 2.75) is 6.92 Å². The van der Waals surface area contributed by atoms with Gasteiger partial charge in [-0.3, -0.25) is 4.79 Å². The van der Waals surface area contributed by atoms with Crippen LogP contribution in [-0.2, 0) is 4.79 Å². The van der Waals surface area contributed by atoms with Crippen molar-refractivity contribution in [3.05, 3.63) is 18.2 Å². The second-order valence-electron chi connectivity index (χ2n) is 1.68.